The third-order valence-corrected chi connectivity index (χ3v) is 10.2. The Labute approximate surface area is 300 Å². The lowest BCUT2D eigenvalue weighted by atomic mass is 10.2. The number of nitrogens with zero attached hydrogens (tertiary/aromatic N) is 2. The smallest absolute Gasteiger partial charge is 0.307 e. The number of carbonyl (C=O) groups is 1. The number of nitrogens with one attached hydrogen (secondary N) is 1. The number of aromatic nitrogens is 1. The summed E-state index contributed by atoms with van der Waals surface area (Å²) in [5.74, 6) is 1.89. The quantitative estimate of drug-likeness (QED) is 0.0997. The van der Waals surface area contributed by atoms with Gasteiger partial charge in [-0.3, -0.25) is 4.79 Å². The fraction of sp³-hybridized carbons (Fsp3) is 0.176. The SMILES string of the molecule is CCOc1cc(/C=N/NC(=O)c2ccc(COc3ccc(-n4c(C)ccc4C)cc3)o2)c(Br)c(Br)c1OCc1ccc(Br)cc1Br. The second-order valence-corrected chi connectivity index (χ2v) is 13.4. The highest BCUT2D eigenvalue weighted by Crippen LogP contribution is 2.43. The maximum Gasteiger partial charge on any atom is 0.307 e. The lowest BCUT2D eigenvalue weighted by Crippen LogP contribution is -2.17. The molecule has 5 rings (SSSR count). The first-order valence-electron chi connectivity index (χ1n) is 14.2. The highest BCUT2D eigenvalue weighted by Gasteiger charge is 2.18. The first-order chi connectivity index (χ1) is 22.1. The molecule has 0 atom stereocenters. The van der Waals surface area contributed by atoms with Crippen LogP contribution in [-0.4, -0.2) is 23.3 Å². The van der Waals surface area contributed by atoms with E-state index in [9.17, 15) is 4.79 Å². The molecule has 238 valence electrons. The van der Waals surface area contributed by atoms with Crippen LogP contribution >= 0.6 is 63.7 Å². The molecule has 12 heteroatoms. The summed E-state index contributed by atoms with van der Waals surface area (Å²) in [6.45, 7) is 6.96. The summed E-state index contributed by atoms with van der Waals surface area (Å²) in [6.07, 6.45) is 1.51. The molecule has 2 aromatic heterocycles. The average Bonchev–Trinajstić information content (AvgIpc) is 3.65. The molecular formula is C34H29Br4N3O5. The summed E-state index contributed by atoms with van der Waals surface area (Å²) >= 11 is 14.3. The van der Waals surface area contributed by atoms with Crippen LogP contribution in [0.4, 0.5) is 0 Å². The lowest BCUT2D eigenvalue weighted by molar-refractivity contribution is 0.0923. The van der Waals surface area contributed by atoms with Crippen molar-refractivity contribution >= 4 is 75.8 Å². The van der Waals surface area contributed by atoms with Crippen molar-refractivity contribution in [2.75, 3.05) is 6.61 Å². The Morgan fingerprint density at radius 2 is 1.61 bits per heavy atom. The van der Waals surface area contributed by atoms with Crippen LogP contribution in [0.3, 0.4) is 0 Å². The zero-order valence-electron chi connectivity index (χ0n) is 25.1. The van der Waals surface area contributed by atoms with E-state index < -0.39 is 5.91 Å². The summed E-state index contributed by atoms with van der Waals surface area (Å²) < 4.78 is 29.0. The Morgan fingerprint density at radius 1 is 0.870 bits per heavy atom. The number of hydrazone groups is 1. The van der Waals surface area contributed by atoms with Crippen molar-refractivity contribution in [2.45, 2.75) is 34.0 Å². The van der Waals surface area contributed by atoms with Crippen molar-refractivity contribution in [3.05, 3.63) is 125 Å². The van der Waals surface area contributed by atoms with Crippen molar-refractivity contribution in [1.29, 1.82) is 0 Å². The second-order valence-electron chi connectivity index (χ2n) is 10.1. The molecule has 0 unspecified atom stereocenters. The molecule has 8 nitrogen and oxygen atoms in total. The van der Waals surface area contributed by atoms with Crippen molar-refractivity contribution in [3.63, 3.8) is 0 Å². The molecule has 5 aromatic rings. The van der Waals surface area contributed by atoms with Crippen LogP contribution in [0.2, 0.25) is 0 Å². The summed E-state index contributed by atoms with van der Waals surface area (Å²) in [4.78, 5) is 12.7. The number of rotatable bonds is 12. The Balaban J connectivity index is 1.19. The van der Waals surface area contributed by atoms with Crippen LogP contribution < -0.4 is 19.6 Å². The fourth-order valence-corrected chi connectivity index (χ4v) is 6.70. The van der Waals surface area contributed by atoms with Crippen LogP contribution in [0.25, 0.3) is 5.69 Å². The Kier molecular flexibility index (Phi) is 11.5. The van der Waals surface area contributed by atoms with Gasteiger partial charge in [0.25, 0.3) is 0 Å². The van der Waals surface area contributed by atoms with Gasteiger partial charge in [0.05, 0.1) is 17.3 Å². The van der Waals surface area contributed by atoms with Crippen molar-refractivity contribution in [1.82, 2.24) is 9.99 Å². The summed E-state index contributed by atoms with van der Waals surface area (Å²) in [7, 11) is 0. The topological polar surface area (TPSA) is 87.2 Å². The van der Waals surface area contributed by atoms with Crippen LogP contribution in [0.1, 0.15) is 45.8 Å². The first-order valence-corrected chi connectivity index (χ1v) is 17.3. The Bertz CT molecular complexity index is 1860. The van der Waals surface area contributed by atoms with Gasteiger partial charge in [-0.25, -0.2) is 5.43 Å². The molecular weight excluding hydrogens is 850 g/mol. The minimum Gasteiger partial charge on any atom is -0.490 e. The van der Waals surface area contributed by atoms with E-state index in [1.807, 2.05) is 49.4 Å². The summed E-state index contributed by atoms with van der Waals surface area (Å²) in [5.41, 5.74) is 7.54. The summed E-state index contributed by atoms with van der Waals surface area (Å²) in [6, 6.07) is 23.0. The molecule has 1 N–H and O–H groups in total. The van der Waals surface area contributed by atoms with E-state index in [4.69, 9.17) is 18.6 Å². The van der Waals surface area contributed by atoms with Gasteiger partial charge in [0, 0.05) is 41.6 Å². The van der Waals surface area contributed by atoms with E-state index in [1.165, 1.54) is 6.21 Å². The Morgan fingerprint density at radius 3 is 2.30 bits per heavy atom. The predicted octanol–water partition coefficient (Wildman–Crippen LogP) is 10.1. The zero-order chi connectivity index (χ0) is 32.8. The number of benzene rings is 3. The second kappa shape index (κ2) is 15.5. The van der Waals surface area contributed by atoms with Crippen LogP contribution in [0.15, 0.2) is 100 Å². The molecule has 2 heterocycles. The molecule has 0 radical (unpaired) electrons. The number of hydrogen-bond donors (Lipinski definition) is 1. The van der Waals surface area contributed by atoms with E-state index >= 15 is 0 Å². The van der Waals surface area contributed by atoms with Gasteiger partial charge in [-0.1, -0.05) is 37.9 Å². The van der Waals surface area contributed by atoms with Gasteiger partial charge >= 0.3 is 5.91 Å². The number of halogens is 4. The normalized spacial score (nSPS) is 11.2. The van der Waals surface area contributed by atoms with Gasteiger partial charge in [0.15, 0.2) is 17.3 Å². The number of amides is 1. The zero-order valence-corrected chi connectivity index (χ0v) is 31.4. The molecule has 0 aliphatic rings. The van der Waals surface area contributed by atoms with Gasteiger partial charge in [-0.2, -0.15) is 5.10 Å². The van der Waals surface area contributed by atoms with Gasteiger partial charge in [-0.15, -0.1) is 0 Å². The number of hydrogen-bond acceptors (Lipinski definition) is 6. The predicted molar refractivity (Wildman–Crippen MR) is 193 cm³/mol. The maximum atomic E-state index is 12.7. The van der Waals surface area contributed by atoms with Gasteiger partial charge in [-0.05, 0) is 119 Å². The van der Waals surface area contributed by atoms with E-state index in [0.29, 0.717) is 50.7 Å². The fourth-order valence-electron chi connectivity index (χ4n) is 4.60. The minimum atomic E-state index is -0.496. The van der Waals surface area contributed by atoms with E-state index in [1.54, 1.807) is 18.2 Å². The van der Waals surface area contributed by atoms with Crippen molar-refractivity contribution in [3.8, 4) is 22.9 Å². The van der Waals surface area contributed by atoms with E-state index in [-0.39, 0.29) is 12.4 Å². The van der Waals surface area contributed by atoms with Crippen LogP contribution in [0.5, 0.6) is 17.2 Å². The first kappa shape index (κ1) is 34.0. The van der Waals surface area contributed by atoms with Gasteiger partial charge in [0.2, 0.25) is 0 Å². The molecule has 46 heavy (non-hydrogen) atoms. The lowest BCUT2D eigenvalue weighted by Gasteiger charge is -2.17. The molecule has 0 spiro atoms. The highest BCUT2D eigenvalue weighted by molar-refractivity contribution is 9.13. The number of aryl methyl sites for hydroxylation is 2. The molecule has 3 aromatic carbocycles. The van der Waals surface area contributed by atoms with E-state index in [0.717, 1.165) is 31.6 Å². The van der Waals surface area contributed by atoms with Crippen molar-refractivity contribution < 1.29 is 23.4 Å². The third-order valence-electron chi connectivity index (χ3n) is 6.85. The largest absolute Gasteiger partial charge is 0.490 e. The number of furan rings is 1. The molecule has 0 bridgehead atoms. The molecule has 0 aliphatic carbocycles. The molecule has 0 saturated carbocycles. The standard InChI is InChI=1S/C34H29Br4N3O5/c1-4-43-30-15-23(31(37)32(38)33(30)45-18-22-7-8-24(35)16-28(22)36)17-39-40-34(42)29-14-13-27(46-29)19-44-26-11-9-25(10-12-26)41-20(2)5-6-21(41)3/h5-17H,4,18-19H2,1-3H3,(H,40,42)/b39-17+. The monoisotopic (exact) mass is 875 g/mol. The van der Waals surface area contributed by atoms with Crippen molar-refractivity contribution in [2.24, 2.45) is 5.10 Å². The van der Waals surface area contributed by atoms with Crippen LogP contribution in [-0.2, 0) is 13.2 Å². The maximum absolute atomic E-state index is 12.7. The molecule has 0 aliphatic heterocycles. The molecule has 0 saturated heterocycles. The molecule has 0 fully saturated rings. The third kappa shape index (κ3) is 8.14. The Hall–Kier alpha value is -3.32. The average molecular weight is 879 g/mol. The number of carbonyl (C=O) groups excluding carboxylic acids is 1. The number of ether oxygens (including phenoxy) is 3. The van der Waals surface area contributed by atoms with E-state index in [2.05, 4.69) is 105 Å². The van der Waals surface area contributed by atoms with Crippen LogP contribution in [0, 0.1) is 13.8 Å². The molecule has 1 amide bonds. The summed E-state index contributed by atoms with van der Waals surface area (Å²) in [5, 5.41) is 4.13. The minimum absolute atomic E-state index is 0.114. The van der Waals surface area contributed by atoms with Gasteiger partial charge < -0.3 is 23.2 Å². The van der Waals surface area contributed by atoms with Gasteiger partial charge in [0.1, 0.15) is 24.7 Å². The highest BCUT2D eigenvalue weighted by atomic mass is 79.9.